The Kier molecular flexibility index (Phi) is 6.99. The number of carbonyl (C=O) groups excluding carboxylic acids is 1. The van der Waals surface area contributed by atoms with Gasteiger partial charge in [0.1, 0.15) is 5.78 Å². The summed E-state index contributed by atoms with van der Waals surface area (Å²) in [6.45, 7) is 5.70. The summed E-state index contributed by atoms with van der Waals surface area (Å²) in [7, 11) is 1.61. The van der Waals surface area contributed by atoms with E-state index in [1.807, 2.05) is 39.0 Å². The third-order valence-corrected chi connectivity index (χ3v) is 3.35. The number of aryl methyl sites for hydroxylation is 1. The van der Waals surface area contributed by atoms with E-state index in [9.17, 15) is 4.79 Å². The third kappa shape index (κ3) is 6.00. The quantitative estimate of drug-likeness (QED) is 0.562. The number of nitrogens with zero attached hydrogens (tertiary/aromatic N) is 1. The van der Waals surface area contributed by atoms with Gasteiger partial charge in [-0.05, 0) is 18.4 Å². The number of ether oxygens (including phenoxy) is 1. The molecular formula is C17H25NO2. The number of hydrogen-bond donors (Lipinski definition) is 0. The van der Waals surface area contributed by atoms with E-state index >= 15 is 0 Å². The Morgan fingerprint density at radius 2 is 1.90 bits per heavy atom. The van der Waals surface area contributed by atoms with Gasteiger partial charge in [0.15, 0.2) is 5.90 Å². The fraction of sp³-hybridized carbons (Fsp3) is 0.529. The van der Waals surface area contributed by atoms with Crippen LogP contribution in [0.4, 0.5) is 0 Å². The molecule has 1 aromatic carbocycles. The van der Waals surface area contributed by atoms with E-state index in [4.69, 9.17) is 4.74 Å². The molecule has 0 amide bonds. The minimum absolute atomic E-state index is 0.00468. The highest BCUT2D eigenvalue weighted by Crippen LogP contribution is 2.13. The Morgan fingerprint density at radius 1 is 1.25 bits per heavy atom. The van der Waals surface area contributed by atoms with Crippen molar-refractivity contribution in [1.82, 2.24) is 0 Å². The number of methoxy groups -OCH3 is 1. The van der Waals surface area contributed by atoms with E-state index in [0.29, 0.717) is 12.3 Å². The Morgan fingerprint density at radius 3 is 2.45 bits per heavy atom. The lowest BCUT2D eigenvalue weighted by Crippen LogP contribution is -2.18. The molecule has 0 radical (unpaired) electrons. The lowest BCUT2D eigenvalue weighted by molar-refractivity contribution is -0.122. The number of carbonyl (C=O) groups is 1. The molecule has 20 heavy (non-hydrogen) atoms. The summed E-state index contributed by atoms with van der Waals surface area (Å²) in [4.78, 5) is 16.4. The van der Waals surface area contributed by atoms with E-state index in [1.165, 1.54) is 5.56 Å². The second kappa shape index (κ2) is 8.51. The van der Waals surface area contributed by atoms with Gasteiger partial charge >= 0.3 is 0 Å². The molecule has 0 saturated carbocycles. The summed E-state index contributed by atoms with van der Waals surface area (Å²) >= 11 is 0. The monoisotopic (exact) mass is 275 g/mol. The fourth-order valence-corrected chi connectivity index (χ4v) is 1.97. The van der Waals surface area contributed by atoms with Crippen molar-refractivity contribution < 1.29 is 9.53 Å². The summed E-state index contributed by atoms with van der Waals surface area (Å²) in [6.07, 6.45) is 2.28. The van der Waals surface area contributed by atoms with Gasteiger partial charge in [0.2, 0.25) is 0 Å². The van der Waals surface area contributed by atoms with Crippen molar-refractivity contribution in [3.8, 4) is 0 Å². The van der Waals surface area contributed by atoms with Crippen LogP contribution in [0.5, 0.6) is 0 Å². The average Bonchev–Trinajstić information content (AvgIpc) is 2.45. The van der Waals surface area contributed by atoms with Crippen LogP contribution in [-0.4, -0.2) is 24.8 Å². The van der Waals surface area contributed by atoms with Gasteiger partial charge < -0.3 is 4.74 Å². The number of Topliss-reactive ketones (excluding diaryl/α,β-unsaturated/α-hetero) is 1. The predicted octanol–water partition coefficient (Wildman–Crippen LogP) is 3.67. The lowest BCUT2D eigenvalue weighted by atomic mass is 9.97. The van der Waals surface area contributed by atoms with Crippen molar-refractivity contribution in [1.29, 1.82) is 0 Å². The SMILES string of the molecule is COC(C)=NC(CCc1ccccc1)CC(=O)C(C)C. The van der Waals surface area contributed by atoms with Crippen LogP contribution in [0, 0.1) is 5.92 Å². The molecule has 0 N–H and O–H groups in total. The van der Waals surface area contributed by atoms with Crippen molar-refractivity contribution >= 4 is 11.7 Å². The molecule has 1 aromatic rings. The summed E-state index contributed by atoms with van der Waals surface area (Å²) in [5.74, 6) is 0.961. The Bertz CT molecular complexity index is 438. The molecule has 1 rings (SSSR count). The summed E-state index contributed by atoms with van der Waals surface area (Å²) in [5.41, 5.74) is 1.28. The highest BCUT2D eigenvalue weighted by molar-refractivity contribution is 5.81. The average molecular weight is 275 g/mol. The number of aliphatic imine (C=N–C) groups is 1. The van der Waals surface area contributed by atoms with Crippen LogP contribution in [0.25, 0.3) is 0 Å². The van der Waals surface area contributed by atoms with E-state index < -0.39 is 0 Å². The molecule has 3 heteroatoms. The summed E-state index contributed by atoms with van der Waals surface area (Å²) < 4.78 is 5.11. The van der Waals surface area contributed by atoms with Crippen molar-refractivity contribution in [2.45, 2.75) is 46.1 Å². The maximum Gasteiger partial charge on any atom is 0.179 e. The van der Waals surface area contributed by atoms with Gasteiger partial charge in [-0.15, -0.1) is 0 Å². The van der Waals surface area contributed by atoms with E-state index in [0.717, 1.165) is 12.8 Å². The molecule has 0 spiro atoms. The molecular weight excluding hydrogens is 250 g/mol. The van der Waals surface area contributed by atoms with Gasteiger partial charge in [-0.2, -0.15) is 0 Å². The zero-order valence-electron chi connectivity index (χ0n) is 12.9. The molecule has 0 aliphatic heterocycles. The van der Waals surface area contributed by atoms with E-state index in [-0.39, 0.29) is 17.7 Å². The molecule has 1 atom stereocenters. The molecule has 0 aliphatic carbocycles. The minimum atomic E-state index is 0.00468. The van der Waals surface area contributed by atoms with Gasteiger partial charge in [0, 0.05) is 19.3 Å². The molecule has 0 heterocycles. The second-order valence-corrected chi connectivity index (χ2v) is 5.36. The number of hydrogen-bond acceptors (Lipinski definition) is 3. The topological polar surface area (TPSA) is 38.7 Å². The molecule has 0 aliphatic rings. The highest BCUT2D eigenvalue weighted by Gasteiger charge is 2.16. The number of rotatable bonds is 7. The van der Waals surface area contributed by atoms with Crippen LogP contribution in [0.15, 0.2) is 35.3 Å². The smallest absolute Gasteiger partial charge is 0.179 e. The predicted molar refractivity (Wildman–Crippen MR) is 83.1 cm³/mol. The molecule has 0 bridgehead atoms. The molecule has 0 aromatic heterocycles. The molecule has 0 fully saturated rings. The maximum atomic E-state index is 11.9. The molecule has 1 unspecified atom stereocenters. The first-order valence-electron chi connectivity index (χ1n) is 7.18. The van der Waals surface area contributed by atoms with Crippen LogP contribution in [0.3, 0.4) is 0 Å². The van der Waals surface area contributed by atoms with Gasteiger partial charge in [0.25, 0.3) is 0 Å². The summed E-state index contributed by atoms with van der Waals surface area (Å²) in [6, 6.07) is 10.3. The Balaban J connectivity index is 2.65. The van der Waals surface area contributed by atoms with Gasteiger partial charge in [-0.3, -0.25) is 9.79 Å². The number of benzene rings is 1. The minimum Gasteiger partial charge on any atom is -0.484 e. The van der Waals surface area contributed by atoms with Gasteiger partial charge in [0.05, 0.1) is 13.2 Å². The fourth-order valence-electron chi connectivity index (χ4n) is 1.97. The van der Waals surface area contributed by atoms with Crippen molar-refractivity contribution in [3.63, 3.8) is 0 Å². The van der Waals surface area contributed by atoms with Crippen LogP contribution in [-0.2, 0) is 16.0 Å². The van der Waals surface area contributed by atoms with E-state index in [2.05, 4.69) is 17.1 Å². The third-order valence-electron chi connectivity index (χ3n) is 3.35. The number of ketones is 1. The maximum absolute atomic E-state index is 11.9. The zero-order chi connectivity index (χ0) is 15.0. The van der Waals surface area contributed by atoms with Crippen LogP contribution >= 0.6 is 0 Å². The van der Waals surface area contributed by atoms with Crippen LogP contribution < -0.4 is 0 Å². The molecule has 110 valence electrons. The van der Waals surface area contributed by atoms with Crippen molar-refractivity contribution in [2.75, 3.05) is 7.11 Å². The molecule has 3 nitrogen and oxygen atoms in total. The standard InChI is InChI=1S/C17H25NO2/c1-13(2)17(19)12-16(18-14(3)20-4)11-10-15-8-6-5-7-9-15/h5-9,13,16H,10-12H2,1-4H3. The van der Waals surface area contributed by atoms with E-state index in [1.54, 1.807) is 7.11 Å². The first-order valence-corrected chi connectivity index (χ1v) is 7.18. The zero-order valence-corrected chi connectivity index (χ0v) is 12.9. The Labute approximate surface area is 122 Å². The van der Waals surface area contributed by atoms with Crippen molar-refractivity contribution in [3.05, 3.63) is 35.9 Å². The first-order chi connectivity index (χ1) is 9.52. The largest absolute Gasteiger partial charge is 0.484 e. The second-order valence-electron chi connectivity index (χ2n) is 5.36. The first kappa shape index (κ1) is 16.4. The van der Waals surface area contributed by atoms with Crippen LogP contribution in [0.2, 0.25) is 0 Å². The normalized spacial score (nSPS) is 13.3. The van der Waals surface area contributed by atoms with Gasteiger partial charge in [-0.25, -0.2) is 0 Å². The van der Waals surface area contributed by atoms with Crippen molar-refractivity contribution in [2.24, 2.45) is 10.9 Å². The highest BCUT2D eigenvalue weighted by atomic mass is 16.5. The van der Waals surface area contributed by atoms with Crippen LogP contribution in [0.1, 0.15) is 39.2 Å². The Hall–Kier alpha value is -1.64. The lowest BCUT2D eigenvalue weighted by Gasteiger charge is -2.14. The van der Waals surface area contributed by atoms with Gasteiger partial charge in [-0.1, -0.05) is 44.2 Å². The summed E-state index contributed by atoms with van der Waals surface area (Å²) in [5, 5.41) is 0. The molecule has 0 saturated heterocycles.